The van der Waals surface area contributed by atoms with Crippen molar-refractivity contribution in [3.63, 3.8) is 0 Å². The molecular weight excluding hydrogens is 344 g/mol. The van der Waals surface area contributed by atoms with Gasteiger partial charge in [0.1, 0.15) is 5.75 Å². The highest BCUT2D eigenvalue weighted by molar-refractivity contribution is 7.13. The van der Waals surface area contributed by atoms with E-state index in [0.29, 0.717) is 11.3 Å². The van der Waals surface area contributed by atoms with Crippen LogP contribution in [0.25, 0.3) is 0 Å². The molecular formula is C21H22N2O2S. The summed E-state index contributed by atoms with van der Waals surface area (Å²) in [4.78, 5) is 12.4. The monoisotopic (exact) mass is 366 g/mol. The molecule has 0 atom stereocenters. The van der Waals surface area contributed by atoms with Gasteiger partial charge in [0.05, 0.1) is 0 Å². The minimum atomic E-state index is -0.435. The SMILES string of the molecule is NC(=O)c1ccc(Oc2ccc(CCNCCc3ccccc3)s2)cc1. The zero-order valence-electron chi connectivity index (χ0n) is 14.5. The van der Waals surface area contributed by atoms with E-state index in [-0.39, 0.29) is 0 Å². The van der Waals surface area contributed by atoms with Crippen LogP contribution in [0.4, 0.5) is 0 Å². The molecule has 0 saturated heterocycles. The van der Waals surface area contributed by atoms with Crippen molar-refractivity contribution in [2.24, 2.45) is 5.73 Å². The fourth-order valence-corrected chi connectivity index (χ4v) is 3.44. The molecule has 134 valence electrons. The number of nitrogens with two attached hydrogens (primary N) is 1. The smallest absolute Gasteiger partial charge is 0.248 e. The molecule has 26 heavy (non-hydrogen) atoms. The van der Waals surface area contributed by atoms with Gasteiger partial charge in [-0.2, -0.15) is 0 Å². The first kappa shape index (κ1) is 18.2. The summed E-state index contributed by atoms with van der Waals surface area (Å²) in [7, 11) is 0. The number of benzene rings is 2. The Morgan fingerprint density at radius 3 is 2.38 bits per heavy atom. The van der Waals surface area contributed by atoms with Gasteiger partial charge >= 0.3 is 0 Å². The fourth-order valence-electron chi connectivity index (χ4n) is 2.56. The Morgan fingerprint density at radius 1 is 0.923 bits per heavy atom. The summed E-state index contributed by atoms with van der Waals surface area (Å²) >= 11 is 1.64. The Bertz CT molecular complexity index is 829. The minimum Gasteiger partial charge on any atom is -0.447 e. The second-order valence-corrected chi connectivity index (χ2v) is 7.08. The molecule has 0 aliphatic heterocycles. The van der Waals surface area contributed by atoms with E-state index in [0.717, 1.165) is 31.0 Å². The second-order valence-electron chi connectivity index (χ2n) is 5.95. The molecule has 0 radical (unpaired) electrons. The lowest BCUT2D eigenvalue weighted by Crippen LogP contribution is -2.19. The largest absolute Gasteiger partial charge is 0.447 e. The van der Waals surface area contributed by atoms with Gasteiger partial charge in [-0.05, 0) is 67.9 Å². The molecule has 1 aromatic heterocycles. The molecule has 3 aromatic rings. The van der Waals surface area contributed by atoms with Crippen LogP contribution in [0.2, 0.25) is 0 Å². The Kier molecular flexibility index (Phi) is 6.41. The highest BCUT2D eigenvalue weighted by Crippen LogP contribution is 2.29. The molecule has 3 rings (SSSR count). The van der Waals surface area contributed by atoms with Crippen LogP contribution in [0.3, 0.4) is 0 Å². The first-order valence-electron chi connectivity index (χ1n) is 8.62. The number of thiophene rings is 1. The van der Waals surface area contributed by atoms with Gasteiger partial charge in [0.2, 0.25) is 5.91 Å². The molecule has 0 bridgehead atoms. The van der Waals surface area contributed by atoms with E-state index in [2.05, 4.69) is 35.6 Å². The quantitative estimate of drug-likeness (QED) is 0.562. The van der Waals surface area contributed by atoms with Gasteiger partial charge in [-0.15, -0.1) is 11.3 Å². The Hall–Kier alpha value is -2.63. The minimum absolute atomic E-state index is 0.435. The van der Waals surface area contributed by atoms with Crippen molar-refractivity contribution in [3.05, 3.63) is 82.7 Å². The van der Waals surface area contributed by atoms with Crippen LogP contribution in [-0.4, -0.2) is 19.0 Å². The lowest BCUT2D eigenvalue weighted by Gasteiger charge is -2.04. The molecule has 5 heteroatoms. The Balaban J connectivity index is 1.41. The summed E-state index contributed by atoms with van der Waals surface area (Å²) in [5.41, 5.74) is 7.07. The highest BCUT2D eigenvalue weighted by Gasteiger charge is 2.04. The third-order valence-electron chi connectivity index (χ3n) is 3.98. The third kappa shape index (κ3) is 5.44. The molecule has 0 aliphatic carbocycles. The molecule has 0 saturated carbocycles. The van der Waals surface area contributed by atoms with Gasteiger partial charge in [0, 0.05) is 10.4 Å². The van der Waals surface area contributed by atoms with Crippen LogP contribution in [0.15, 0.2) is 66.7 Å². The van der Waals surface area contributed by atoms with E-state index >= 15 is 0 Å². The predicted molar refractivity (Wildman–Crippen MR) is 106 cm³/mol. The van der Waals surface area contributed by atoms with E-state index in [9.17, 15) is 4.79 Å². The number of rotatable bonds is 9. The van der Waals surface area contributed by atoms with Crippen molar-refractivity contribution in [2.75, 3.05) is 13.1 Å². The molecule has 0 unspecified atom stereocenters. The predicted octanol–water partition coefficient (Wildman–Crippen LogP) is 4.01. The first-order chi connectivity index (χ1) is 12.7. The van der Waals surface area contributed by atoms with E-state index in [1.807, 2.05) is 12.1 Å². The van der Waals surface area contributed by atoms with Crippen molar-refractivity contribution in [2.45, 2.75) is 12.8 Å². The summed E-state index contributed by atoms with van der Waals surface area (Å²) in [6.45, 7) is 1.92. The zero-order valence-corrected chi connectivity index (χ0v) is 15.3. The normalized spacial score (nSPS) is 10.6. The van der Waals surface area contributed by atoms with Gasteiger partial charge in [-0.3, -0.25) is 4.79 Å². The third-order valence-corrected chi connectivity index (χ3v) is 5.00. The summed E-state index contributed by atoms with van der Waals surface area (Å²) in [6, 6.07) is 21.4. The van der Waals surface area contributed by atoms with Crippen LogP contribution in [0.1, 0.15) is 20.8 Å². The second kappa shape index (κ2) is 9.17. The van der Waals surface area contributed by atoms with Gasteiger partial charge in [-0.25, -0.2) is 0 Å². The Morgan fingerprint density at radius 2 is 1.65 bits per heavy atom. The average Bonchev–Trinajstić information content (AvgIpc) is 3.10. The lowest BCUT2D eigenvalue weighted by atomic mass is 10.1. The lowest BCUT2D eigenvalue weighted by molar-refractivity contribution is 0.100. The van der Waals surface area contributed by atoms with Crippen molar-refractivity contribution in [1.82, 2.24) is 5.32 Å². The molecule has 1 amide bonds. The van der Waals surface area contributed by atoms with Crippen molar-refractivity contribution >= 4 is 17.2 Å². The van der Waals surface area contributed by atoms with Gasteiger partial charge in [0.25, 0.3) is 0 Å². The highest BCUT2D eigenvalue weighted by atomic mass is 32.1. The number of hydrogen-bond donors (Lipinski definition) is 2. The number of nitrogens with one attached hydrogen (secondary N) is 1. The molecule has 0 fully saturated rings. The topological polar surface area (TPSA) is 64.4 Å². The maximum absolute atomic E-state index is 11.1. The van der Waals surface area contributed by atoms with Crippen LogP contribution in [0.5, 0.6) is 10.8 Å². The van der Waals surface area contributed by atoms with Gasteiger partial charge in [-0.1, -0.05) is 30.3 Å². The summed E-state index contributed by atoms with van der Waals surface area (Å²) in [5.74, 6) is 0.263. The van der Waals surface area contributed by atoms with E-state index in [1.165, 1.54) is 10.4 Å². The van der Waals surface area contributed by atoms with Crippen molar-refractivity contribution < 1.29 is 9.53 Å². The first-order valence-corrected chi connectivity index (χ1v) is 9.43. The number of amides is 1. The Labute approximate surface area is 157 Å². The molecule has 0 aliphatic rings. The number of carbonyl (C=O) groups excluding carboxylic acids is 1. The van der Waals surface area contributed by atoms with Crippen LogP contribution in [-0.2, 0) is 12.8 Å². The molecule has 0 spiro atoms. The number of primary amides is 1. The number of carbonyl (C=O) groups is 1. The molecule has 4 nitrogen and oxygen atoms in total. The number of hydrogen-bond acceptors (Lipinski definition) is 4. The average molecular weight is 366 g/mol. The summed E-state index contributed by atoms with van der Waals surface area (Å²) in [5, 5.41) is 4.32. The van der Waals surface area contributed by atoms with Crippen LogP contribution in [0, 0.1) is 0 Å². The molecule has 1 heterocycles. The van der Waals surface area contributed by atoms with Gasteiger partial charge in [0.15, 0.2) is 5.06 Å². The van der Waals surface area contributed by atoms with E-state index in [1.54, 1.807) is 35.6 Å². The zero-order chi connectivity index (χ0) is 18.2. The van der Waals surface area contributed by atoms with E-state index in [4.69, 9.17) is 10.5 Å². The fraction of sp³-hybridized carbons (Fsp3) is 0.190. The van der Waals surface area contributed by atoms with Crippen molar-refractivity contribution in [1.29, 1.82) is 0 Å². The molecule has 2 aromatic carbocycles. The maximum atomic E-state index is 11.1. The van der Waals surface area contributed by atoms with E-state index < -0.39 is 5.91 Å². The maximum Gasteiger partial charge on any atom is 0.248 e. The number of ether oxygens (including phenoxy) is 1. The van der Waals surface area contributed by atoms with Crippen LogP contribution >= 0.6 is 11.3 Å². The van der Waals surface area contributed by atoms with Crippen LogP contribution < -0.4 is 15.8 Å². The standard InChI is InChI=1S/C21H22N2O2S/c22-21(24)17-6-8-18(9-7-17)25-20-11-10-19(26-20)13-15-23-14-12-16-4-2-1-3-5-16/h1-11,23H,12-15H2,(H2,22,24). The molecule has 3 N–H and O–H groups in total. The van der Waals surface area contributed by atoms with Crippen molar-refractivity contribution in [3.8, 4) is 10.8 Å². The summed E-state index contributed by atoms with van der Waals surface area (Å²) in [6.07, 6.45) is 2.02. The van der Waals surface area contributed by atoms with Gasteiger partial charge < -0.3 is 15.8 Å². The summed E-state index contributed by atoms with van der Waals surface area (Å²) < 4.78 is 5.83.